The second-order valence-corrected chi connectivity index (χ2v) is 20.6. The smallest absolute Gasteiger partial charge is 0.335 e. The van der Waals surface area contributed by atoms with E-state index in [1.807, 2.05) is 0 Å². The Balaban J connectivity index is 2.69. The van der Waals surface area contributed by atoms with Crippen LogP contribution in [0.15, 0.2) is 60.8 Å². The maximum atomic E-state index is 13.2. The minimum atomic E-state index is -1.91. The number of carbonyl (C=O) groups is 4. The van der Waals surface area contributed by atoms with Crippen LogP contribution in [0.2, 0.25) is 0 Å². The number of aliphatic hydroxyl groups is 2. The SMILES string of the molecule is CCCC/C=C\CCCCCCCC(=O)OC1C(OCC(COC(=O)CCCCCCCCC/C=C\C/C=C\CCCCC)OC(=O)CCCCCCCCC/C=C\C/C=C\CCCCC)OC(C(=O)O)C(O)C1O. The summed E-state index contributed by atoms with van der Waals surface area (Å²) in [5, 5.41) is 31.4. The molecule has 0 aliphatic carbocycles. The second-order valence-electron chi connectivity index (χ2n) is 20.6. The van der Waals surface area contributed by atoms with Crippen LogP contribution >= 0.6 is 0 Å². The summed E-state index contributed by atoms with van der Waals surface area (Å²) in [5.41, 5.74) is 0. The lowest BCUT2D eigenvalue weighted by molar-refractivity contribution is -0.301. The first-order valence-electron chi connectivity index (χ1n) is 30.3. The number of rotatable bonds is 51. The van der Waals surface area contributed by atoms with E-state index in [4.69, 9.17) is 23.7 Å². The van der Waals surface area contributed by atoms with Crippen molar-refractivity contribution in [3.05, 3.63) is 60.8 Å². The van der Waals surface area contributed by atoms with E-state index in [1.165, 1.54) is 83.5 Å². The first-order chi connectivity index (χ1) is 36.6. The number of aliphatic carboxylic acids is 1. The Morgan fingerprint density at radius 3 is 1.25 bits per heavy atom. The highest BCUT2D eigenvalue weighted by Crippen LogP contribution is 2.26. The number of carbonyl (C=O) groups excluding carboxylic acids is 3. The predicted molar refractivity (Wildman–Crippen MR) is 303 cm³/mol. The fourth-order valence-electron chi connectivity index (χ4n) is 8.82. The third-order valence-corrected chi connectivity index (χ3v) is 13.5. The van der Waals surface area contributed by atoms with Crippen molar-refractivity contribution in [1.82, 2.24) is 0 Å². The molecule has 12 nitrogen and oxygen atoms in total. The van der Waals surface area contributed by atoms with Crippen molar-refractivity contribution in [2.24, 2.45) is 0 Å². The maximum Gasteiger partial charge on any atom is 0.335 e. The van der Waals surface area contributed by atoms with E-state index in [0.29, 0.717) is 19.3 Å². The van der Waals surface area contributed by atoms with Gasteiger partial charge in [0, 0.05) is 19.3 Å². The van der Waals surface area contributed by atoms with Crippen LogP contribution in [0.4, 0.5) is 0 Å². The molecule has 0 radical (unpaired) electrons. The average molecular weight is 1060 g/mol. The molecule has 0 amide bonds. The lowest BCUT2D eigenvalue weighted by Crippen LogP contribution is -2.61. The number of esters is 3. The molecule has 0 aromatic rings. The molecule has 432 valence electrons. The molecule has 75 heavy (non-hydrogen) atoms. The normalized spacial score (nSPS) is 18.5. The van der Waals surface area contributed by atoms with Crippen LogP contribution in [-0.4, -0.2) is 89.2 Å². The first-order valence-corrected chi connectivity index (χ1v) is 30.3. The molecule has 3 N–H and O–H groups in total. The molecule has 1 aliphatic rings. The Hall–Kier alpha value is -3.58. The van der Waals surface area contributed by atoms with Gasteiger partial charge in [0.05, 0.1) is 6.61 Å². The van der Waals surface area contributed by atoms with Crippen molar-refractivity contribution in [2.45, 2.75) is 302 Å². The molecule has 0 bridgehead atoms. The lowest BCUT2D eigenvalue weighted by atomic mass is 9.98. The molecule has 1 fully saturated rings. The van der Waals surface area contributed by atoms with Gasteiger partial charge in [0.1, 0.15) is 18.8 Å². The van der Waals surface area contributed by atoms with Gasteiger partial charge in [0.15, 0.2) is 24.6 Å². The highest BCUT2D eigenvalue weighted by Gasteiger charge is 2.50. The van der Waals surface area contributed by atoms with Crippen molar-refractivity contribution in [3.8, 4) is 0 Å². The summed E-state index contributed by atoms with van der Waals surface area (Å²) in [6, 6.07) is 0. The lowest BCUT2D eigenvalue weighted by Gasteiger charge is -2.40. The Morgan fingerprint density at radius 1 is 0.440 bits per heavy atom. The minimum absolute atomic E-state index is 0.0479. The summed E-state index contributed by atoms with van der Waals surface area (Å²) in [4.78, 5) is 51.1. The number of carboxylic acids is 1. The Bertz CT molecular complexity index is 1540. The zero-order valence-electron chi connectivity index (χ0n) is 47.5. The van der Waals surface area contributed by atoms with Gasteiger partial charge in [-0.3, -0.25) is 14.4 Å². The van der Waals surface area contributed by atoms with Crippen molar-refractivity contribution in [2.75, 3.05) is 13.2 Å². The number of hydrogen-bond donors (Lipinski definition) is 3. The molecule has 12 heteroatoms. The van der Waals surface area contributed by atoms with E-state index in [1.54, 1.807) is 0 Å². The molecule has 1 rings (SSSR count). The van der Waals surface area contributed by atoms with Gasteiger partial charge in [0.2, 0.25) is 0 Å². The summed E-state index contributed by atoms with van der Waals surface area (Å²) < 4.78 is 28.4. The van der Waals surface area contributed by atoms with Crippen LogP contribution in [0.1, 0.15) is 265 Å². The van der Waals surface area contributed by atoms with Gasteiger partial charge in [-0.15, -0.1) is 0 Å². The highest BCUT2D eigenvalue weighted by molar-refractivity contribution is 5.74. The third kappa shape index (κ3) is 41.2. The van der Waals surface area contributed by atoms with Crippen molar-refractivity contribution in [3.63, 3.8) is 0 Å². The van der Waals surface area contributed by atoms with Crippen LogP contribution < -0.4 is 0 Å². The molecule has 0 saturated carbocycles. The molecular weight excluding hydrogens is 949 g/mol. The third-order valence-electron chi connectivity index (χ3n) is 13.5. The zero-order chi connectivity index (χ0) is 54.7. The van der Waals surface area contributed by atoms with Gasteiger partial charge < -0.3 is 39.0 Å². The molecule has 1 aliphatic heterocycles. The van der Waals surface area contributed by atoms with Gasteiger partial charge in [-0.1, -0.05) is 204 Å². The predicted octanol–water partition coefficient (Wildman–Crippen LogP) is 15.6. The average Bonchev–Trinajstić information content (AvgIpc) is 3.39. The van der Waals surface area contributed by atoms with E-state index in [9.17, 15) is 34.5 Å². The molecule has 1 heterocycles. The molecule has 0 aromatic heterocycles. The number of carboxylic acid groups (broad SMARTS) is 1. The van der Waals surface area contributed by atoms with E-state index < -0.39 is 67.3 Å². The molecule has 6 unspecified atom stereocenters. The van der Waals surface area contributed by atoms with E-state index >= 15 is 0 Å². The largest absolute Gasteiger partial charge is 0.479 e. The molecule has 0 spiro atoms. The standard InChI is InChI=1S/C63H108O12/c1-4-7-10-13-16-19-22-24-26-28-30-32-35-37-40-43-46-49-55(64)71-52-54(73-56(65)50-47-44-41-39-36-33-31-29-27-25-23-20-17-14-11-8-5-2)53-72-63-61(59(68)58(67)60(75-63)62(69)70)74-57(66)51-48-45-42-38-34-21-18-15-12-9-6-3/h15-20,24-27,54,58-61,63,67-68H,4-14,21-23,28-53H2,1-3H3,(H,69,70)/b18-15-,19-16-,20-17-,26-24-,27-25-. The number of aliphatic hydroxyl groups excluding tert-OH is 2. The fourth-order valence-corrected chi connectivity index (χ4v) is 8.82. The number of allylic oxidation sites excluding steroid dienone is 10. The van der Waals surface area contributed by atoms with Gasteiger partial charge in [-0.2, -0.15) is 0 Å². The topological polar surface area (TPSA) is 175 Å². The Kier molecular flexibility index (Phi) is 47.4. The van der Waals surface area contributed by atoms with Crippen LogP contribution in [0, 0.1) is 0 Å². The first kappa shape index (κ1) is 69.4. The van der Waals surface area contributed by atoms with Crippen molar-refractivity contribution in [1.29, 1.82) is 0 Å². The van der Waals surface area contributed by atoms with Gasteiger partial charge >= 0.3 is 23.9 Å². The quantitative estimate of drug-likeness (QED) is 0.0228. The summed E-state index contributed by atoms with van der Waals surface area (Å²) >= 11 is 0. The van der Waals surface area contributed by atoms with Gasteiger partial charge in [0.25, 0.3) is 0 Å². The summed E-state index contributed by atoms with van der Waals surface area (Å²) in [7, 11) is 0. The number of hydrogen-bond acceptors (Lipinski definition) is 11. The van der Waals surface area contributed by atoms with Gasteiger partial charge in [-0.05, 0) is 103 Å². The Morgan fingerprint density at radius 2 is 0.813 bits per heavy atom. The summed E-state index contributed by atoms with van der Waals surface area (Å²) in [5.74, 6) is -3.14. The molecule has 1 saturated heterocycles. The number of unbranched alkanes of at least 4 members (excludes halogenated alkanes) is 27. The number of ether oxygens (including phenoxy) is 5. The van der Waals surface area contributed by atoms with Crippen LogP contribution in [0.3, 0.4) is 0 Å². The minimum Gasteiger partial charge on any atom is -0.479 e. The highest BCUT2D eigenvalue weighted by atomic mass is 16.7. The van der Waals surface area contributed by atoms with Crippen LogP contribution in [-0.2, 0) is 42.9 Å². The van der Waals surface area contributed by atoms with E-state index in [0.717, 1.165) is 122 Å². The monoisotopic (exact) mass is 1060 g/mol. The van der Waals surface area contributed by atoms with Gasteiger partial charge in [-0.25, -0.2) is 4.79 Å². The van der Waals surface area contributed by atoms with Crippen molar-refractivity contribution >= 4 is 23.9 Å². The van der Waals surface area contributed by atoms with E-state index in [-0.39, 0.29) is 25.9 Å². The summed E-state index contributed by atoms with van der Waals surface area (Å²) in [6.07, 6.45) is 50.4. The van der Waals surface area contributed by atoms with Crippen LogP contribution in [0.5, 0.6) is 0 Å². The van der Waals surface area contributed by atoms with Crippen LogP contribution in [0.25, 0.3) is 0 Å². The van der Waals surface area contributed by atoms with Crippen molar-refractivity contribution < 1.29 is 58.2 Å². The summed E-state index contributed by atoms with van der Waals surface area (Å²) in [6.45, 7) is 5.89. The molecule has 0 aromatic carbocycles. The van der Waals surface area contributed by atoms with E-state index in [2.05, 4.69) is 81.5 Å². The second kappa shape index (κ2) is 51.2. The zero-order valence-corrected chi connectivity index (χ0v) is 47.5. The maximum absolute atomic E-state index is 13.2. The molecule has 6 atom stereocenters. The Labute approximate surface area is 456 Å². The molecular formula is C63H108O12. The fraction of sp³-hybridized carbons (Fsp3) is 0.778.